The Labute approximate surface area is 169 Å². The van der Waals surface area contributed by atoms with Gasteiger partial charge in [0, 0.05) is 40.3 Å². The predicted molar refractivity (Wildman–Crippen MR) is 115 cm³/mol. The molecule has 0 aliphatic carbocycles. The normalized spacial score (nSPS) is 12.1. The molecule has 0 fully saturated rings. The van der Waals surface area contributed by atoms with Crippen LogP contribution in [0.15, 0.2) is 79.0 Å². The van der Waals surface area contributed by atoms with E-state index in [9.17, 15) is 4.79 Å². The number of benzene rings is 3. The number of carbonyl (C=O) groups is 1. The predicted octanol–water partition coefficient (Wildman–Crippen LogP) is 5.99. The van der Waals surface area contributed by atoms with E-state index in [-0.39, 0.29) is 11.9 Å². The van der Waals surface area contributed by atoms with Crippen molar-refractivity contribution in [3.05, 3.63) is 106 Å². The number of aryl methyl sites for hydroxylation is 1. The van der Waals surface area contributed by atoms with Crippen LogP contribution < -0.4 is 0 Å². The molecule has 1 amide bonds. The van der Waals surface area contributed by atoms with Gasteiger partial charge in [0.1, 0.15) is 0 Å². The summed E-state index contributed by atoms with van der Waals surface area (Å²) in [6, 6.07) is 23.3. The zero-order valence-electron chi connectivity index (χ0n) is 15.8. The van der Waals surface area contributed by atoms with Crippen molar-refractivity contribution in [2.24, 2.45) is 0 Å². The number of amides is 1. The van der Waals surface area contributed by atoms with E-state index in [0.717, 1.165) is 22.0 Å². The maximum atomic E-state index is 13.3. The Kier molecular flexibility index (Phi) is 4.93. The molecule has 0 saturated carbocycles. The van der Waals surface area contributed by atoms with Crippen molar-refractivity contribution in [1.29, 1.82) is 0 Å². The Morgan fingerprint density at radius 1 is 1.00 bits per heavy atom. The molecule has 3 aromatic carbocycles. The standard InChI is InChI=1S/C24H21ClN2O/c1-16-10-12-17(13-11-16)23(21-15-26-22-9-4-3-8-20(21)22)27(2)24(28)18-6-5-7-19(25)14-18/h3-15,23,26H,1-2H3/t23-/m1/s1. The maximum Gasteiger partial charge on any atom is 0.254 e. The minimum atomic E-state index is -0.219. The lowest BCUT2D eigenvalue weighted by Gasteiger charge is -2.29. The number of hydrogen-bond acceptors (Lipinski definition) is 1. The molecule has 4 rings (SSSR count). The van der Waals surface area contributed by atoms with Crippen LogP contribution in [0.4, 0.5) is 0 Å². The van der Waals surface area contributed by atoms with Crippen molar-refractivity contribution in [2.75, 3.05) is 7.05 Å². The summed E-state index contributed by atoms with van der Waals surface area (Å²) in [6.45, 7) is 2.06. The van der Waals surface area contributed by atoms with Crippen molar-refractivity contribution < 1.29 is 4.79 Å². The molecule has 3 nitrogen and oxygen atoms in total. The number of H-pyrrole nitrogens is 1. The first-order valence-corrected chi connectivity index (χ1v) is 9.57. The summed E-state index contributed by atoms with van der Waals surface area (Å²) in [4.78, 5) is 18.4. The van der Waals surface area contributed by atoms with Crippen molar-refractivity contribution in [3.63, 3.8) is 0 Å². The highest BCUT2D eigenvalue weighted by Crippen LogP contribution is 2.34. The zero-order valence-corrected chi connectivity index (χ0v) is 16.6. The molecule has 1 aromatic heterocycles. The molecule has 140 valence electrons. The lowest BCUT2D eigenvalue weighted by molar-refractivity contribution is 0.0756. The smallest absolute Gasteiger partial charge is 0.254 e. The highest BCUT2D eigenvalue weighted by molar-refractivity contribution is 6.30. The molecular formula is C24H21ClN2O. The van der Waals surface area contributed by atoms with Crippen molar-refractivity contribution >= 4 is 28.4 Å². The van der Waals surface area contributed by atoms with E-state index in [1.165, 1.54) is 5.56 Å². The average molecular weight is 389 g/mol. The fourth-order valence-corrected chi connectivity index (χ4v) is 3.81. The lowest BCUT2D eigenvalue weighted by Crippen LogP contribution is -2.32. The minimum Gasteiger partial charge on any atom is -0.361 e. The third-order valence-corrected chi connectivity index (χ3v) is 5.32. The van der Waals surface area contributed by atoms with E-state index in [1.807, 2.05) is 31.4 Å². The molecule has 1 heterocycles. The second kappa shape index (κ2) is 7.53. The summed E-state index contributed by atoms with van der Waals surface area (Å²) in [5.74, 6) is -0.0710. The van der Waals surface area contributed by atoms with Gasteiger partial charge in [0.15, 0.2) is 0 Å². The molecule has 4 aromatic rings. The van der Waals surface area contributed by atoms with E-state index >= 15 is 0 Å². The van der Waals surface area contributed by atoms with Crippen LogP contribution in [0.3, 0.4) is 0 Å². The topological polar surface area (TPSA) is 36.1 Å². The van der Waals surface area contributed by atoms with E-state index in [2.05, 4.69) is 42.2 Å². The second-order valence-electron chi connectivity index (χ2n) is 7.03. The Morgan fingerprint density at radius 3 is 2.50 bits per heavy atom. The van der Waals surface area contributed by atoms with Gasteiger partial charge in [-0.2, -0.15) is 0 Å². The summed E-state index contributed by atoms with van der Waals surface area (Å²) in [7, 11) is 1.84. The number of rotatable bonds is 4. The van der Waals surface area contributed by atoms with Gasteiger partial charge in [-0.15, -0.1) is 0 Å². The number of aromatic nitrogens is 1. The van der Waals surface area contributed by atoms with Crippen LogP contribution in [0.5, 0.6) is 0 Å². The summed E-state index contributed by atoms with van der Waals surface area (Å²) in [5, 5.41) is 1.66. The molecule has 0 bridgehead atoms. The number of carbonyl (C=O) groups excluding carboxylic acids is 1. The largest absolute Gasteiger partial charge is 0.361 e. The fourth-order valence-electron chi connectivity index (χ4n) is 3.62. The lowest BCUT2D eigenvalue weighted by atomic mass is 9.95. The van der Waals surface area contributed by atoms with E-state index in [0.29, 0.717) is 10.6 Å². The summed E-state index contributed by atoms with van der Waals surface area (Å²) >= 11 is 6.11. The molecule has 0 unspecified atom stereocenters. The third kappa shape index (κ3) is 3.41. The number of nitrogens with zero attached hydrogens (tertiary/aromatic N) is 1. The SMILES string of the molecule is Cc1ccc([C@H](c2c[nH]c3ccccc23)N(C)C(=O)c2cccc(Cl)c2)cc1. The van der Waals surface area contributed by atoms with E-state index in [4.69, 9.17) is 11.6 Å². The molecule has 4 heteroatoms. The van der Waals surface area contributed by atoms with E-state index < -0.39 is 0 Å². The van der Waals surface area contributed by atoms with Crippen LogP contribution in [0.2, 0.25) is 5.02 Å². The minimum absolute atomic E-state index is 0.0710. The van der Waals surface area contributed by atoms with Crippen molar-refractivity contribution in [2.45, 2.75) is 13.0 Å². The van der Waals surface area contributed by atoms with Crippen molar-refractivity contribution in [1.82, 2.24) is 9.88 Å². The third-order valence-electron chi connectivity index (χ3n) is 5.09. The van der Waals surface area contributed by atoms with Gasteiger partial charge in [-0.25, -0.2) is 0 Å². The van der Waals surface area contributed by atoms with Gasteiger partial charge in [-0.05, 0) is 36.8 Å². The van der Waals surface area contributed by atoms with Crippen LogP contribution in [0.25, 0.3) is 10.9 Å². The molecule has 0 saturated heterocycles. The first kappa shape index (κ1) is 18.3. The van der Waals surface area contributed by atoms with Crippen LogP contribution in [-0.4, -0.2) is 22.8 Å². The molecule has 0 radical (unpaired) electrons. The molecule has 28 heavy (non-hydrogen) atoms. The van der Waals surface area contributed by atoms with Crippen LogP contribution in [0, 0.1) is 6.92 Å². The first-order valence-electron chi connectivity index (χ1n) is 9.20. The number of nitrogens with one attached hydrogen (secondary N) is 1. The Balaban J connectivity index is 1.83. The zero-order chi connectivity index (χ0) is 19.7. The fraction of sp³-hybridized carbons (Fsp3) is 0.125. The molecule has 1 atom stereocenters. The van der Waals surface area contributed by atoms with Gasteiger partial charge in [0.2, 0.25) is 0 Å². The number of para-hydroxylation sites is 1. The Morgan fingerprint density at radius 2 is 1.75 bits per heavy atom. The van der Waals surface area contributed by atoms with Gasteiger partial charge in [0.05, 0.1) is 6.04 Å². The number of aromatic amines is 1. The molecule has 1 N–H and O–H groups in total. The highest BCUT2D eigenvalue weighted by Gasteiger charge is 2.26. The van der Waals surface area contributed by atoms with Crippen LogP contribution in [0.1, 0.15) is 33.1 Å². The van der Waals surface area contributed by atoms with E-state index in [1.54, 1.807) is 29.2 Å². The summed E-state index contributed by atoms with van der Waals surface area (Å²) in [6.07, 6.45) is 2.00. The summed E-state index contributed by atoms with van der Waals surface area (Å²) in [5.41, 5.74) is 4.95. The first-order chi connectivity index (χ1) is 13.5. The maximum absolute atomic E-state index is 13.3. The van der Waals surface area contributed by atoms with Crippen LogP contribution in [-0.2, 0) is 0 Å². The molecule has 0 aliphatic heterocycles. The number of hydrogen-bond donors (Lipinski definition) is 1. The Hall–Kier alpha value is -3.04. The summed E-state index contributed by atoms with van der Waals surface area (Å²) < 4.78 is 0. The van der Waals surface area contributed by atoms with Crippen molar-refractivity contribution in [3.8, 4) is 0 Å². The van der Waals surface area contributed by atoms with Gasteiger partial charge in [-0.3, -0.25) is 4.79 Å². The monoisotopic (exact) mass is 388 g/mol. The van der Waals surface area contributed by atoms with Gasteiger partial charge in [0.25, 0.3) is 5.91 Å². The van der Waals surface area contributed by atoms with Gasteiger partial charge >= 0.3 is 0 Å². The van der Waals surface area contributed by atoms with Crippen LogP contribution >= 0.6 is 11.6 Å². The molecule has 0 spiro atoms. The molecule has 0 aliphatic rings. The Bertz CT molecular complexity index is 1130. The molecular weight excluding hydrogens is 368 g/mol. The second-order valence-corrected chi connectivity index (χ2v) is 7.47. The number of halogens is 1. The van der Waals surface area contributed by atoms with Gasteiger partial charge in [-0.1, -0.05) is 65.7 Å². The number of fused-ring (bicyclic) bond motifs is 1. The highest BCUT2D eigenvalue weighted by atomic mass is 35.5. The van der Waals surface area contributed by atoms with Gasteiger partial charge < -0.3 is 9.88 Å². The quantitative estimate of drug-likeness (QED) is 0.458. The average Bonchev–Trinajstić information content (AvgIpc) is 3.13.